The number of hydrogen-bond donors (Lipinski definition) is 0. The predicted octanol–water partition coefficient (Wildman–Crippen LogP) is 3.65. The Morgan fingerprint density at radius 3 is 2.77 bits per heavy atom. The fourth-order valence-corrected chi connectivity index (χ4v) is 2.20. The SMILES string of the molecule is Clc1cc2c(Br)cnc(I)c2cn1. The molecule has 0 spiro atoms. The van der Waals surface area contributed by atoms with E-state index < -0.39 is 0 Å². The van der Waals surface area contributed by atoms with Crippen LogP contribution in [-0.2, 0) is 0 Å². The van der Waals surface area contributed by atoms with E-state index in [1.165, 1.54) is 0 Å². The van der Waals surface area contributed by atoms with Crippen LogP contribution in [0.4, 0.5) is 0 Å². The largest absolute Gasteiger partial charge is 0.248 e. The van der Waals surface area contributed by atoms with Crippen LogP contribution in [-0.4, -0.2) is 9.97 Å². The lowest BCUT2D eigenvalue weighted by Gasteiger charge is -2.01. The first-order chi connectivity index (χ1) is 6.18. The van der Waals surface area contributed by atoms with E-state index in [0.717, 1.165) is 18.9 Å². The topological polar surface area (TPSA) is 25.8 Å². The van der Waals surface area contributed by atoms with Gasteiger partial charge in [-0.25, -0.2) is 9.97 Å². The van der Waals surface area contributed by atoms with E-state index in [9.17, 15) is 0 Å². The molecule has 5 heteroatoms. The first-order valence-corrected chi connectivity index (χ1v) is 5.68. The molecule has 0 radical (unpaired) electrons. The molecule has 13 heavy (non-hydrogen) atoms. The number of fused-ring (bicyclic) bond motifs is 1. The maximum Gasteiger partial charge on any atom is 0.129 e. The van der Waals surface area contributed by atoms with Crippen LogP contribution >= 0.6 is 50.1 Å². The van der Waals surface area contributed by atoms with Crippen LogP contribution in [0.1, 0.15) is 0 Å². The van der Waals surface area contributed by atoms with Crippen LogP contribution in [0.25, 0.3) is 10.8 Å². The summed E-state index contributed by atoms with van der Waals surface area (Å²) in [5, 5.41) is 2.55. The van der Waals surface area contributed by atoms with Gasteiger partial charge in [0.15, 0.2) is 0 Å². The van der Waals surface area contributed by atoms with Gasteiger partial charge in [0.05, 0.1) is 0 Å². The van der Waals surface area contributed by atoms with Gasteiger partial charge in [-0.2, -0.15) is 0 Å². The van der Waals surface area contributed by atoms with Crippen LogP contribution in [0.2, 0.25) is 5.15 Å². The summed E-state index contributed by atoms with van der Waals surface area (Å²) in [5.41, 5.74) is 0. The number of rotatable bonds is 0. The lowest BCUT2D eigenvalue weighted by Crippen LogP contribution is -1.86. The smallest absolute Gasteiger partial charge is 0.129 e. The van der Waals surface area contributed by atoms with E-state index in [4.69, 9.17) is 11.6 Å². The molecule has 66 valence electrons. The van der Waals surface area contributed by atoms with Crippen LogP contribution in [0.3, 0.4) is 0 Å². The predicted molar refractivity (Wildman–Crippen MR) is 65.0 cm³/mol. The Kier molecular flexibility index (Phi) is 2.71. The van der Waals surface area contributed by atoms with E-state index in [0.29, 0.717) is 5.15 Å². The molecule has 0 saturated heterocycles. The zero-order valence-electron chi connectivity index (χ0n) is 6.26. The Morgan fingerprint density at radius 1 is 1.23 bits per heavy atom. The van der Waals surface area contributed by atoms with Gasteiger partial charge >= 0.3 is 0 Å². The molecule has 0 aliphatic heterocycles. The molecule has 2 nitrogen and oxygen atoms in total. The van der Waals surface area contributed by atoms with Gasteiger partial charge in [0.2, 0.25) is 0 Å². The van der Waals surface area contributed by atoms with Crippen molar-refractivity contribution in [2.45, 2.75) is 0 Å². The highest BCUT2D eigenvalue weighted by atomic mass is 127. The van der Waals surface area contributed by atoms with Gasteiger partial charge in [-0.3, -0.25) is 0 Å². The summed E-state index contributed by atoms with van der Waals surface area (Å²) in [6.45, 7) is 0. The van der Waals surface area contributed by atoms with Gasteiger partial charge in [-0.15, -0.1) is 0 Å². The Balaban J connectivity index is 2.92. The van der Waals surface area contributed by atoms with Crippen molar-refractivity contribution in [3.8, 4) is 0 Å². The second-order valence-corrected chi connectivity index (χ2v) is 4.71. The van der Waals surface area contributed by atoms with E-state index in [2.05, 4.69) is 48.5 Å². The Bertz CT molecular complexity index is 475. The molecule has 2 heterocycles. The van der Waals surface area contributed by atoms with Gasteiger partial charge in [0, 0.05) is 27.6 Å². The summed E-state index contributed by atoms with van der Waals surface area (Å²) in [7, 11) is 0. The van der Waals surface area contributed by atoms with Crippen LogP contribution in [0, 0.1) is 3.70 Å². The highest BCUT2D eigenvalue weighted by molar-refractivity contribution is 14.1. The molecule has 0 unspecified atom stereocenters. The van der Waals surface area contributed by atoms with Crippen molar-refractivity contribution in [1.29, 1.82) is 0 Å². The molecular formula is C8H3BrClIN2. The summed E-state index contributed by atoms with van der Waals surface area (Å²) in [4.78, 5) is 8.20. The first kappa shape index (κ1) is 9.61. The van der Waals surface area contributed by atoms with Crippen LogP contribution < -0.4 is 0 Å². The third-order valence-corrected chi connectivity index (χ3v) is 3.34. The van der Waals surface area contributed by atoms with Gasteiger partial charge in [-0.1, -0.05) is 11.6 Å². The fraction of sp³-hybridized carbons (Fsp3) is 0. The molecule has 2 aromatic rings. The minimum Gasteiger partial charge on any atom is -0.248 e. The van der Waals surface area contributed by atoms with E-state index in [1.54, 1.807) is 12.4 Å². The second-order valence-electron chi connectivity index (χ2n) is 2.45. The molecule has 2 aromatic heterocycles. The quantitative estimate of drug-likeness (QED) is 0.523. The third kappa shape index (κ3) is 1.80. The summed E-state index contributed by atoms with van der Waals surface area (Å²) < 4.78 is 1.87. The van der Waals surface area contributed by atoms with Gasteiger partial charge in [0.25, 0.3) is 0 Å². The van der Waals surface area contributed by atoms with Crippen molar-refractivity contribution in [2.75, 3.05) is 0 Å². The average Bonchev–Trinajstić information content (AvgIpc) is 2.12. The molecule has 0 fully saturated rings. The second kappa shape index (κ2) is 3.67. The minimum atomic E-state index is 0.496. The third-order valence-electron chi connectivity index (χ3n) is 1.64. The number of hydrogen-bond acceptors (Lipinski definition) is 2. The number of pyridine rings is 2. The lowest BCUT2D eigenvalue weighted by molar-refractivity contribution is 1.27. The Morgan fingerprint density at radius 2 is 2.00 bits per heavy atom. The molecule has 0 bridgehead atoms. The lowest BCUT2D eigenvalue weighted by atomic mass is 10.2. The van der Waals surface area contributed by atoms with E-state index >= 15 is 0 Å². The number of halogens is 3. The molecular weight excluding hydrogens is 366 g/mol. The summed E-state index contributed by atoms with van der Waals surface area (Å²) in [5.74, 6) is 0. The molecule has 0 aliphatic rings. The van der Waals surface area contributed by atoms with Crippen molar-refractivity contribution >= 4 is 60.9 Å². The normalized spacial score (nSPS) is 10.7. The minimum absolute atomic E-state index is 0.496. The Labute approximate surface area is 102 Å². The van der Waals surface area contributed by atoms with Crippen molar-refractivity contribution < 1.29 is 0 Å². The molecule has 2 rings (SSSR count). The number of aromatic nitrogens is 2. The standard InChI is InChI=1S/C8H3BrClIN2/c9-6-3-13-8(11)5-2-12-7(10)1-4(5)6/h1-3H. The van der Waals surface area contributed by atoms with Crippen molar-refractivity contribution in [3.05, 3.63) is 31.8 Å². The average molecular weight is 369 g/mol. The maximum atomic E-state index is 5.79. The van der Waals surface area contributed by atoms with Crippen LogP contribution in [0.5, 0.6) is 0 Å². The maximum absolute atomic E-state index is 5.79. The summed E-state index contributed by atoms with van der Waals surface area (Å²) >= 11 is 11.4. The summed E-state index contributed by atoms with van der Waals surface area (Å²) in [6.07, 6.45) is 3.50. The zero-order chi connectivity index (χ0) is 9.42. The van der Waals surface area contributed by atoms with Crippen molar-refractivity contribution in [3.63, 3.8) is 0 Å². The van der Waals surface area contributed by atoms with Gasteiger partial charge in [-0.05, 0) is 44.6 Å². The van der Waals surface area contributed by atoms with Crippen molar-refractivity contribution in [2.24, 2.45) is 0 Å². The first-order valence-electron chi connectivity index (χ1n) is 3.44. The van der Waals surface area contributed by atoms with Crippen molar-refractivity contribution in [1.82, 2.24) is 9.97 Å². The highest BCUT2D eigenvalue weighted by Crippen LogP contribution is 2.27. The molecule has 0 aromatic carbocycles. The fourth-order valence-electron chi connectivity index (χ4n) is 1.04. The molecule has 0 aliphatic carbocycles. The van der Waals surface area contributed by atoms with E-state index in [-0.39, 0.29) is 0 Å². The summed E-state index contributed by atoms with van der Waals surface area (Å²) in [6, 6.07) is 1.82. The zero-order valence-corrected chi connectivity index (χ0v) is 10.8. The highest BCUT2D eigenvalue weighted by Gasteiger charge is 2.04. The van der Waals surface area contributed by atoms with E-state index in [1.807, 2.05) is 6.07 Å². The van der Waals surface area contributed by atoms with Crippen LogP contribution in [0.15, 0.2) is 22.9 Å². The van der Waals surface area contributed by atoms with Gasteiger partial charge in [0.1, 0.15) is 8.85 Å². The molecule has 0 atom stereocenters. The molecule has 0 amide bonds. The Hall–Kier alpha value is 0.0600. The molecule has 0 N–H and O–H groups in total. The van der Waals surface area contributed by atoms with Gasteiger partial charge < -0.3 is 0 Å². The molecule has 0 saturated carbocycles. The monoisotopic (exact) mass is 368 g/mol. The number of nitrogens with zero attached hydrogens (tertiary/aromatic N) is 2.